The lowest BCUT2D eigenvalue weighted by atomic mass is 9.94. The lowest BCUT2D eigenvalue weighted by molar-refractivity contribution is 0.468. The highest BCUT2D eigenvalue weighted by Gasteiger charge is 2.41. The molecule has 3 aromatic rings. The fourth-order valence-electron chi connectivity index (χ4n) is 3.66. The number of halogens is 3. The molecule has 6 nitrogen and oxygen atoms in total. The minimum atomic E-state index is -3.82. The van der Waals surface area contributed by atoms with Crippen LogP contribution in [-0.4, -0.2) is 41.4 Å². The molecule has 4 rings (SSSR count). The Labute approximate surface area is 178 Å². The third-order valence-electron chi connectivity index (χ3n) is 5.08. The monoisotopic (exact) mass is 452 g/mol. The molecule has 2 heterocycles. The number of hydrogen-bond donors (Lipinski definition) is 1. The summed E-state index contributed by atoms with van der Waals surface area (Å²) in [6.07, 6.45) is 2.86. The number of hydrogen-bond acceptors (Lipinski definition) is 4. The molecular formula is C20H19ClF2N4O2S. The van der Waals surface area contributed by atoms with Crippen molar-refractivity contribution in [1.82, 2.24) is 13.9 Å². The number of benzene rings is 2. The van der Waals surface area contributed by atoms with Crippen LogP contribution in [0.25, 0.3) is 0 Å². The number of anilines is 1. The van der Waals surface area contributed by atoms with E-state index < -0.39 is 15.8 Å². The van der Waals surface area contributed by atoms with Crippen LogP contribution in [0.3, 0.4) is 0 Å². The van der Waals surface area contributed by atoms with Crippen LogP contribution in [0.15, 0.2) is 60.0 Å². The zero-order valence-corrected chi connectivity index (χ0v) is 17.5. The third-order valence-corrected chi connectivity index (χ3v) is 7.02. The molecule has 158 valence electrons. The van der Waals surface area contributed by atoms with Gasteiger partial charge in [0.2, 0.25) is 0 Å². The largest absolute Gasteiger partial charge is 0.380 e. The highest BCUT2D eigenvalue weighted by atomic mass is 35.5. The predicted molar refractivity (Wildman–Crippen MR) is 110 cm³/mol. The van der Waals surface area contributed by atoms with E-state index in [0.717, 1.165) is 5.56 Å². The highest BCUT2D eigenvalue weighted by molar-refractivity contribution is 7.89. The van der Waals surface area contributed by atoms with Gasteiger partial charge in [-0.1, -0.05) is 23.7 Å². The van der Waals surface area contributed by atoms with Gasteiger partial charge >= 0.3 is 0 Å². The third kappa shape index (κ3) is 4.19. The number of imidazole rings is 1. The summed E-state index contributed by atoms with van der Waals surface area (Å²) in [5.74, 6) is -1.17. The van der Waals surface area contributed by atoms with Crippen molar-refractivity contribution < 1.29 is 17.2 Å². The summed E-state index contributed by atoms with van der Waals surface area (Å²) >= 11 is 5.95. The van der Waals surface area contributed by atoms with E-state index in [4.69, 9.17) is 11.6 Å². The van der Waals surface area contributed by atoms with E-state index in [1.165, 1.54) is 41.1 Å². The van der Waals surface area contributed by atoms with Crippen molar-refractivity contribution in [2.75, 3.05) is 18.4 Å². The van der Waals surface area contributed by atoms with Crippen molar-refractivity contribution in [3.63, 3.8) is 0 Å². The molecule has 1 fully saturated rings. The molecule has 0 spiro atoms. The van der Waals surface area contributed by atoms with Gasteiger partial charge in [0, 0.05) is 49.0 Å². The molecule has 1 aliphatic heterocycles. The van der Waals surface area contributed by atoms with Crippen LogP contribution in [0.5, 0.6) is 0 Å². The van der Waals surface area contributed by atoms with E-state index >= 15 is 0 Å². The van der Waals surface area contributed by atoms with Crippen LogP contribution in [-0.2, 0) is 17.1 Å². The number of rotatable bonds is 5. The minimum Gasteiger partial charge on any atom is -0.380 e. The molecular weight excluding hydrogens is 434 g/mol. The summed E-state index contributed by atoms with van der Waals surface area (Å²) in [7, 11) is -2.13. The van der Waals surface area contributed by atoms with Crippen LogP contribution >= 0.6 is 11.6 Å². The molecule has 2 aromatic carbocycles. The Morgan fingerprint density at radius 1 is 1.10 bits per heavy atom. The smallest absolute Gasteiger partial charge is 0.262 e. The summed E-state index contributed by atoms with van der Waals surface area (Å²) in [4.78, 5) is 3.97. The van der Waals surface area contributed by atoms with Gasteiger partial charge in [0.1, 0.15) is 11.6 Å². The van der Waals surface area contributed by atoms with Crippen LogP contribution in [0.2, 0.25) is 5.02 Å². The standard InChI is InChI=1S/C20H19ClF2N4O2S/c1-26-11-20(24-12-26)30(28,29)27-9-18(13-2-4-15(22)5-3-13)19(10-27)25-17-7-14(21)6-16(23)8-17/h2-8,11-12,18-19,25H,9-10H2,1H3/t18-,19+/m0/s1. The molecule has 0 unspecified atom stereocenters. The van der Waals surface area contributed by atoms with E-state index in [9.17, 15) is 17.2 Å². The molecule has 30 heavy (non-hydrogen) atoms. The van der Waals surface area contributed by atoms with Crippen molar-refractivity contribution in [2.45, 2.75) is 17.0 Å². The van der Waals surface area contributed by atoms with Crippen molar-refractivity contribution in [3.8, 4) is 0 Å². The van der Waals surface area contributed by atoms with Crippen molar-refractivity contribution >= 4 is 27.3 Å². The fourth-order valence-corrected chi connectivity index (χ4v) is 5.34. The number of aryl methyl sites for hydroxylation is 1. The van der Waals surface area contributed by atoms with Crippen molar-refractivity contribution in [3.05, 3.63) is 77.2 Å². The van der Waals surface area contributed by atoms with E-state index in [-0.39, 0.29) is 40.9 Å². The average molecular weight is 453 g/mol. The molecule has 10 heteroatoms. The van der Waals surface area contributed by atoms with Crippen LogP contribution in [0.4, 0.5) is 14.5 Å². The SMILES string of the molecule is Cn1cnc(S(=O)(=O)N2C[C@@H](Nc3cc(F)cc(Cl)c3)[C@H](c3ccc(F)cc3)C2)c1. The average Bonchev–Trinajstić information content (AvgIpc) is 3.29. The van der Waals surface area contributed by atoms with Gasteiger partial charge in [-0.25, -0.2) is 22.2 Å². The Morgan fingerprint density at radius 2 is 1.83 bits per heavy atom. The Balaban J connectivity index is 1.67. The topological polar surface area (TPSA) is 67.2 Å². The summed E-state index contributed by atoms with van der Waals surface area (Å²) < 4.78 is 56.2. The molecule has 1 N–H and O–H groups in total. The molecule has 1 aromatic heterocycles. The maximum absolute atomic E-state index is 13.8. The number of nitrogens with one attached hydrogen (secondary N) is 1. The number of sulfonamides is 1. The first-order valence-electron chi connectivity index (χ1n) is 9.18. The minimum absolute atomic E-state index is 0.0442. The van der Waals surface area contributed by atoms with Crippen LogP contribution < -0.4 is 5.32 Å². The van der Waals surface area contributed by atoms with Gasteiger partial charge in [-0.05, 0) is 35.9 Å². The Kier molecular flexibility index (Phi) is 5.52. The molecule has 0 saturated carbocycles. The maximum Gasteiger partial charge on any atom is 0.262 e. The summed E-state index contributed by atoms with van der Waals surface area (Å²) in [6, 6.07) is 9.60. The summed E-state index contributed by atoms with van der Waals surface area (Å²) in [5, 5.41) is 3.38. The Bertz CT molecular complexity index is 1150. The molecule has 1 aliphatic rings. The normalized spacial score (nSPS) is 19.9. The quantitative estimate of drug-likeness (QED) is 0.642. The molecule has 0 amide bonds. The lowest BCUT2D eigenvalue weighted by Gasteiger charge is -2.21. The predicted octanol–water partition coefficient (Wildman–Crippen LogP) is 3.62. The second kappa shape index (κ2) is 7.98. The van der Waals surface area contributed by atoms with E-state index in [2.05, 4.69) is 10.3 Å². The van der Waals surface area contributed by atoms with E-state index in [1.54, 1.807) is 29.8 Å². The molecule has 0 radical (unpaired) electrons. The first kappa shape index (κ1) is 20.8. The first-order valence-corrected chi connectivity index (χ1v) is 11.0. The van der Waals surface area contributed by atoms with Gasteiger partial charge in [0.25, 0.3) is 10.0 Å². The second-order valence-electron chi connectivity index (χ2n) is 7.27. The van der Waals surface area contributed by atoms with Crippen molar-refractivity contribution in [2.24, 2.45) is 7.05 Å². The van der Waals surface area contributed by atoms with E-state index in [1.807, 2.05) is 0 Å². The maximum atomic E-state index is 13.8. The van der Waals surface area contributed by atoms with Gasteiger partial charge < -0.3 is 9.88 Å². The fraction of sp³-hybridized carbons (Fsp3) is 0.250. The zero-order chi connectivity index (χ0) is 21.5. The Morgan fingerprint density at radius 3 is 2.47 bits per heavy atom. The van der Waals surface area contributed by atoms with Gasteiger partial charge in [0.05, 0.1) is 6.33 Å². The Hall–Kier alpha value is -2.49. The van der Waals surface area contributed by atoms with Crippen molar-refractivity contribution in [1.29, 1.82) is 0 Å². The molecule has 2 atom stereocenters. The second-order valence-corrected chi connectivity index (χ2v) is 9.59. The first-order chi connectivity index (χ1) is 14.2. The van der Waals surface area contributed by atoms with E-state index in [0.29, 0.717) is 5.69 Å². The van der Waals surface area contributed by atoms with Gasteiger partial charge in [-0.15, -0.1) is 0 Å². The van der Waals surface area contributed by atoms with Crippen LogP contribution in [0, 0.1) is 11.6 Å². The molecule has 1 saturated heterocycles. The lowest BCUT2D eigenvalue weighted by Crippen LogP contribution is -2.32. The summed E-state index contributed by atoms with van der Waals surface area (Å²) in [6.45, 7) is 0.306. The van der Waals surface area contributed by atoms with Gasteiger partial charge in [-0.2, -0.15) is 4.31 Å². The molecule has 0 bridgehead atoms. The number of aromatic nitrogens is 2. The summed E-state index contributed by atoms with van der Waals surface area (Å²) in [5.41, 5.74) is 1.21. The van der Waals surface area contributed by atoms with Gasteiger partial charge in [-0.3, -0.25) is 0 Å². The molecule has 0 aliphatic carbocycles. The zero-order valence-electron chi connectivity index (χ0n) is 16.0. The highest BCUT2D eigenvalue weighted by Crippen LogP contribution is 2.33. The van der Waals surface area contributed by atoms with Gasteiger partial charge in [0.15, 0.2) is 5.03 Å². The number of nitrogens with zero attached hydrogens (tertiary/aromatic N) is 3. The van der Waals surface area contributed by atoms with Crippen LogP contribution in [0.1, 0.15) is 11.5 Å².